The standard InChI is InChI=1S/C11H12N4O6/c16-11(17)8-5-7(14(18)19)6-9(15(20)21)10(8)13-3-1-12-2-4-13/h5-6,12H,1-4H2,(H,16,17). The van der Waals surface area contributed by atoms with Gasteiger partial charge in [0, 0.05) is 32.2 Å². The Morgan fingerprint density at radius 2 is 1.81 bits per heavy atom. The van der Waals surface area contributed by atoms with Crippen LogP contribution in [0.5, 0.6) is 0 Å². The maximum absolute atomic E-state index is 11.3. The number of nitrogens with one attached hydrogen (secondary N) is 1. The molecule has 21 heavy (non-hydrogen) atoms. The van der Waals surface area contributed by atoms with Crippen LogP contribution >= 0.6 is 0 Å². The summed E-state index contributed by atoms with van der Waals surface area (Å²) in [7, 11) is 0. The van der Waals surface area contributed by atoms with Crippen LogP contribution in [0.2, 0.25) is 0 Å². The average Bonchev–Trinajstić information content (AvgIpc) is 2.46. The van der Waals surface area contributed by atoms with Crippen LogP contribution in [-0.2, 0) is 0 Å². The van der Waals surface area contributed by atoms with Crippen molar-refractivity contribution in [3.05, 3.63) is 37.9 Å². The number of anilines is 1. The van der Waals surface area contributed by atoms with Gasteiger partial charge in [0.2, 0.25) is 0 Å². The molecular weight excluding hydrogens is 284 g/mol. The van der Waals surface area contributed by atoms with Gasteiger partial charge >= 0.3 is 5.97 Å². The molecule has 0 atom stereocenters. The molecule has 0 spiro atoms. The maximum Gasteiger partial charge on any atom is 0.338 e. The molecule has 0 aromatic heterocycles. The van der Waals surface area contributed by atoms with Crippen molar-refractivity contribution in [2.45, 2.75) is 0 Å². The van der Waals surface area contributed by atoms with E-state index in [9.17, 15) is 30.1 Å². The Morgan fingerprint density at radius 3 is 2.29 bits per heavy atom. The van der Waals surface area contributed by atoms with E-state index < -0.39 is 32.8 Å². The van der Waals surface area contributed by atoms with E-state index in [1.165, 1.54) is 0 Å². The number of rotatable bonds is 4. The van der Waals surface area contributed by atoms with Crippen LogP contribution in [-0.4, -0.2) is 47.1 Å². The van der Waals surface area contributed by atoms with Crippen LogP contribution in [0.1, 0.15) is 10.4 Å². The van der Waals surface area contributed by atoms with E-state index in [4.69, 9.17) is 0 Å². The van der Waals surface area contributed by atoms with Crippen LogP contribution in [0.25, 0.3) is 0 Å². The zero-order valence-corrected chi connectivity index (χ0v) is 10.8. The second-order valence-electron chi connectivity index (χ2n) is 4.42. The van der Waals surface area contributed by atoms with Gasteiger partial charge in [0.15, 0.2) is 0 Å². The number of nitrogens with zero attached hydrogens (tertiary/aromatic N) is 3. The average molecular weight is 296 g/mol. The monoisotopic (exact) mass is 296 g/mol. The van der Waals surface area contributed by atoms with E-state index in [1.807, 2.05) is 0 Å². The number of hydrogen-bond donors (Lipinski definition) is 2. The number of non-ortho nitro benzene ring substituents is 1. The van der Waals surface area contributed by atoms with E-state index >= 15 is 0 Å². The number of carboxylic acids is 1. The van der Waals surface area contributed by atoms with E-state index in [2.05, 4.69) is 5.32 Å². The van der Waals surface area contributed by atoms with Gasteiger partial charge in [-0.3, -0.25) is 20.2 Å². The molecule has 0 saturated carbocycles. The molecule has 2 rings (SSSR count). The summed E-state index contributed by atoms with van der Waals surface area (Å²) in [6, 6.07) is 1.65. The molecule has 0 bridgehead atoms. The van der Waals surface area contributed by atoms with E-state index in [-0.39, 0.29) is 5.69 Å². The number of carboxylic acid groups (broad SMARTS) is 1. The number of benzene rings is 1. The normalized spacial score (nSPS) is 14.8. The molecule has 1 fully saturated rings. The summed E-state index contributed by atoms with van der Waals surface area (Å²) in [5, 5.41) is 34.2. The molecule has 1 aliphatic heterocycles. The zero-order chi connectivity index (χ0) is 15.6. The van der Waals surface area contributed by atoms with E-state index in [0.717, 1.165) is 12.1 Å². The highest BCUT2D eigenvalue weighted by molar-refractivity contribution is 5.98. The summed E-state index contributed by atoms with van der Waals surface area (Å²) >= 11 is 0. The molecule has 1 saturated heterocycles. The Balaban J connectivity index is 2.66. The lowest BCUT2D eigenvalue weighted by Gasteiger charge is -2.29. The summed E-state index contributed by atoms with van der Waals surface area (Å²) in [5.74, 6) is -1.43. The smallest absolute Gasteiger partial charge is 0.338 e. The van der Waals surface area contributed by atoms with Crippen LogP contribution < -0.4 is 10.2 Å². The number of nitro groups is 2. The third-order valence-corrected chi connectivity index (χ3v) is 3.15. The minimum atomic E-state index is -1.43. The third kappa shape index (κ3) is 2.89. The molecular formula is C11H12N4O6. The summed E-state index contributed by atoms with van der Waals surface area (Å²) < 4.78 is 0. The lowest BCUT2D eigenvalue weighted by molar-refractivity contribution is -0.393. The minimum Gasteiger partial charge on any atom is -0.478 e. The lowest BCUT2D eigenvalue weighted by Crippen LogP contribution is -2.44. The van der Waals surface area contributed by atoms with Gasteiger partial charge in [-0.25, -0.2) is 4.79 Å². The molecule has 1 aromatic carbocycles. The molecule has 2 N–H and O–H groups in total. The number of piperazine rings is 1. The lowest BCUT2D eigenvalue weighted by atomic mass is 10.1. The second-order valence-corrected chi connectivity index (χ2v) is 4.42. The highest BCUT2D eigenvalue weighted by atomic mass is 16.6. The Kier molecular flexibility index (Phi) is 3.98. The fourth-order valence-electron chi connectivity index (χ4n) is 2.23. The fourth-order valence-corrected chi connectivity index (χ4v) is 2.23. The summed E-state index contributed by atoms with van der Waals surface area (Å²) in [6.07, 6.45) is 0. The van der Waals surface area contributed by atoms with Crippen molar-refractivity contribution in [3.8, 4) is 0 Å². The largest absolute Gasteiger partial charge is 0.478 e. The van der Waals surface area contributed by atoms with Crippen LogP contribution in [0.3, 0.4) is 0 Å². The van der Waals surface area contributed by atoms with Gasteiger partial charge < -0.3 is 15.3 Å². The van der Waals surface area contributed by atoms with Crippen molar-refractivity contribution in [3.63, 3.8) is 0 Å². The third-order valence-electron chi connectivity index (χ3n) is 3.15. The SMILES string of the molecule is O=C(O)c1cc([N+](=O)[O-])cc([N+](=O)[O-])c1N1CCNCC1. The number of aromatic carboxylic acids is 1. The van der Waals surface area contributed by atoms with Crippen molar-refractivity contribution in [1.29, 1.82) is 0 Å². The number of carbonyl (C=O) groups is 1. The Hall–Kier alpha value is -2.75. The molecule has 1 heterocycles. The quantitative estimate of drug-likeness (QED) is 0.608. The highest BCUT2D eigenvalue weighted by Crippen LogP contribution is 2.36. The Bertz CT molecular complexity index is 576. The van der Waals surface area contributed by atoms with Crippen LogP contribution in [0, 0.1) is 20.2 Å². The molecule has 0 radical (unpaired) electrons. The van der Waals surface area contributed by atoms with Crippen molar-refractivity contribution < 1.29 is 19.7 Å². The minimum absolute atomic E-state index is 0.0837. The molecule has 0 unspecified atom stereocenters. The molecule has 0 amide bonds. The fraction of sp³-hybridized carbons (Fsp3) is 0.364. The molecule has 0 aliphatic carbocycles. The van der Waals surface area contributed by atoms with E-state index in [1.54, 1.807) is 4.90 Å². The molecule has 1 aliphatic rings. The van der Waals surface area contributed by atoms with Crippen LogP contribution in [0.4, 0.5) is 17.1 Å². The summed E-state index contributed by atoms with van der Waals surface area (Å²) in [6.45, 7) is 1.87. The van der Waals surface area contributed by atoms with Crippen molar-refractivity contribution >= 4 is 23.0 Å². The summed E-state index contributed by atoms with van der Waals surface area (Å²) in [4.78, 5) is 33.2. The Labute approximate surface area is 118 Å². The van der Waals surface area contributed by atoms with Gasteiger partial charge in [0.25, 0.3) is 11.4 Å². The highest BCUT2D eigenvalue weighted by Gasteiger charge is 2.31. The van der Waals surface area contributed by atoms with Crippen molar-refractivity contribution in [2.75, 3.05) is 31.1 Å². The first kappa shape index (κ1) is 14.7. The topological polar surface area (TPSA) is 139 Å². The molecule has 112 valence electrons. The summed E-state index contributed by atoms with van der Waals surface area (Å²) in [5.41, 5.74) is -1.70. The van der Waals surface area contributed by atoms with Crippen molar-refractivity contribution in [1.82, 2.24) is 5.32 Å². The number of hydrogen-bond acceptors (Lipinski definition) is 7. The van der Waals surface area contributed by atoms with Gasteiger partial charge in [-0.2, -0.15) is 0 Å². The first-order chi connectivity index (χ1) is 9.91. The second kappa shape index (κ2) is 5.71. The van der Waals surface area contributed by atoms with Crippen LogP contribution in [0.15, 0.2) is 12.1 Å². The maximum atomic E-state index is 11.3. The van der Waals surface area contributed by atoms with Gasteiger partial charge in [0.05, 0.1) is 21.5 Å². The van der Waals surface area contributed by atoms with Crippen molar-refractivity contribution in [2.24, 2.45) is 0 Å². The van der Waals surface area contributed by atoms with Gasteiger partial charge in [-0.15, -0.1) is 0 Å². The number of nitro benzene ring substituents is 2. The predicted octanol–water partition coefficient (Wildman–Crippen LogP) is 0.611. The van der Waals surface area contributed by atoms with Gasteiger partial charge in [-0.05, 0) is 0 Å². The van der Waals surface area contributed by atoms with Gasteiger partial charge in [0.1, 0.15) is 5.69 Å². The predicted molar refractivity (Wildman–Crippen MR) is 71.8 cm³/mol. The molecule has 10 nitrogen and oxygen atoms in total. The first-order valence-corrected chi connectivity index (χ1v) is 6.07. The molecule has 1 aromatic rings. The van der Waals surface area contributed by atoms with Gasteiger partial charge in [-0.1, -0.05) is 0 Å². The molecule has 10 heteroatoms. The first-order valence-electron chi connectivity index (χ1n) is 6.07. The van der Waals surface area contributed by atoms with E-state index in [0.29, 0.717) is 26.2 Å². The zero-order valence-electron chi connectivity index (χ0n) is 10.8. The Morgan fingerprint density at radius 1 is 1.19 bits per heavy atom.